The first-order chi connectivity index (χ1) is 20.2. The fourth-order valence-corrected chi connectivity index (χ4v) is 6.26. The zero-order chi connectivity index (χ0) is 29.8. The smallest absolute Gasteiger partial charge is 0.410 e. The second kappa shape index (κ2) is 13.1. The largest absolute Gasteiger partial charge is 0.436 e. The van der Waals surface area contributed by atoms with E-state index < -0.39 is 12.2 Å². The van der Waals surface area contributed by atoms with E-state index in [0.717, 1.165) is 47.3 Å². The number of hydrogen-bond acceptors (Lipinski definition) is 6. The maximum Gasteiger partial charge on any atom is 0.410 e. The molecule has 1 aromatic carbocycles. The van der Waals surface area contributed by atoms with Crippen molar-refractivity contribution < 1.29 is 19.1 Å². The van der Waals surface area contributed by atoms with Crippen molar-refractivity contribution >= 4 is 23.7 Å². The highest BCUT2D eigenvalue weighted by Gasteiger charge is 2.36. The summed E-state index contributed by atoms with van der Waals surface area (Å²) in [6.45, 7) is 6.88. The first-order valence-electron chi connectivity index (χ1n) is 15.2. The zero-order valence-electron chi connectivity index (χ0n) is 25.3. The van der Waals surface area contributed by atoms with Gasteiger partial charge in [0.15, 0.2) is 6.10 Å². The molecule has 2 fully saturated rings. The Morgan fingerprint density at radius 3 is 2.38 bits per heavy atom. The van der Waals surface area contributed by atoms with Crippen LogP contribution in [0.2, 0.25) is 0 Å². The van der Waals surface area contributed by atoms with Gasteiger partial charge in [-0.05, 0) is 88.9 Å². The number of para-hydroxylation sites is 1. The molecule has 4 amide bonds. The molecule has 10 nitrogen and oxygen atoms in total. The molecule has 0 aliphatic carbocycles. The van der Waals surface area contributed by atoms with E-state index in [2.05, 4.69) is 29.3 Å². The number of hydrogen-bond donors (Lipinski definition) is 1. The Hall–Kier alpha value is -3.66. The Bertz CT molecular complexity index is 1280. The molecular formula is C32H44N6O4. The summed E-state index contributed by atoms with van der Waals surface area (Å²) in [5.41, 5.74) is 4.90. The Kier molecular flexibility index (Phi) is 9.30. The molecule has 0 saturated carbocycles. The maximum absolute atomic E-state index is 13.7. The van der Waals surface area contributed by atoms with Crippen LogP contribution in [0.25, 0.3) is 0 Å². The lowest BCUT2D eigenvalue weighted by Crippen LogP contribution is -2.52. The lowest BCUT2D eigenvalue weighted by Gasteiger charge is -2.38. The highest BCUT2D eigenvalue weighted by molar-refractivity contribution is 5.91. The molecule has 3 aliphatic heterocycles. The molecule has 4 heterocycles. The summed E-state index contributed by atoms with van der Waals surface area (Å²) in [4.78, 5) is 52.3. The van der Waals surface area contributed by atoms with Gasteiger partial charge in [-0.2, -0.15) is 0 Å². The van der Waals surface area contributed by atoms with Gasteiger partial charge in [0.05, 0.1) is 0 Å². The number of ether oxygens (including phenoxy) is 1. The molecule has 5 rings (SSSR count). The molecule has 1 N–H and O–H groups in total. The number of aromatic nitrogens is 1. The summed E-state index contributed by atoms with van der Waals surface area (Å²) in [7, 11) is 4.14. The third kappa shape index (κ3) is 6.86. The number of anilines is 1. The topological polar surface area (TPSA) is 98.3 Å². The first kappa shape index (κ1) is 29.8. The SMILES string of the molecule is Cc1cnc(CC(OC(=O)N2CCC(N3CCc4ccccc4NC3=O)CC2)C(=O)N2CCC(N(C)C)CC2)cc1C. The fourth-order valence-electron chi connectivity index (χ4n) is 6.26. The minimum absolute atomic E-state index is 0.0403. The number of carbonyl (C=O) groups is 3. The quantitative estimate of drug-likeness (QED) is 0.561. The van der Waals surface area contributed by atoms with Crippen LogP contribution < -0.4 is 5.32 Å². The van der Waals surface area contributed by atoms with E-state index >= 15 is 0 Å². The van der Waals surface area contributed by atoms with Crippen LogP contribution in [-0.2, 0) is 22.4 Å². The Balaban J connectivity index is 1.21. The van der Waals surface area contributed by atoms with Crippen molar-refractivity contribution in [2.24, 2.45) is 0 Å². The number of urea groups is 1. The zero-order valence-corrected chi connectivity index (χ0v) is 25.3. The predicted octanol–water partition coefficient (Wildman–Crippen LogP) is 3.85. The van der Waals surface area contributed by atoms with Gasteiger partial charge in [-0.3, -0.25) is 9.78 Å². The molecule has 1 atom stereocenters. The van der Waals surface area contributed by atoms with Crippen LogP contribution in [0, 0.1) is 13.8 Å². The van der Waals surface area contributed by atoms with Crippen molar-refractivity contribution in [3.05, 3.63) is 58.9 Å². The summed E-state index contributed by atoms with van der Waals surface area (Å²) in [5.74, 6) is -0.156. The summed E-state index contributed by atoms with van der Waals surface area (Å²) in [5, 5.41) is 3.04. The van der Waals surface area contributed by atoms with E-state index in [4.69, 9.17) is 4.74 Å². The normalized spacial score (nSPS) is 19.3. The standard InChI is InChI=1S/C32H44N6O4/c1-22-19-25(33-21-23(22)2)20-29(30(39)36-14-10-26(11-15-36)35(3)4)42-32(41)37-16-12-27(13-17-37)38-18-9-24-7-5-6-8-28(24)34-31(38)40/h5-8,19,21,26-27,29H,9-18,20H2,1-4H3,(H,34,40). The molecule has 2 saturated heterocycles. The van der Waals surface area contributed by atoms with Crippen molar-refractivity contribution in [1.82, 2.24) is 24.6 Å². The number of carbonyl (C=O) groups excluding carboxylic acids is 3. The van der Waals surface area contributed by atoms with Crippen molar-refractivity contribution in [2.75, 3.05) is 52.1 Å². The van der Waals surface area contributed by atoms with Crippen LogP contribution in [0.4, 0.5) is 15.3 Å². The van der Waals surface area contributed by atoms with Gasteiger partial charge in [0.2, 0.25) is 0 Å². The van der Waals surface area contributed by atoms with Crippen LogP contribution >= 0.6 is 0 Å². The number of nitrogens with one attached hydrogen (secondary N) is 1. The first-order valence-corrected chi connectivity index (χ1v) is 15.2. The van der Waals surface area contributed by atoms with Gasteiger partial charge in [0.1, 0.15) is 0 Å². The van der Waals surface area contributed by atoms with E-state index in [-0.39, 0.29) is 24.4 Å². The average Bonchev–Trinajstić information content (AvgIpc) is 3.16. The number of amides is 4. The molecular weight excluding hydrogens is 532 g/mol. The molecule has 226 valence electrons. The maximum atomic E-state index is 13.7. The number of piperidine rings is 2. The van der Waals surface area contributed by atoms with Crippen molar-refractivity contribution in [3.63, 3.8) is 0 Å². The van der Waals surface area contributed by atoms with Gasteiger partial charge in [0, 0.05) is 68.8 Å². The van der Waals surface area contributed by atoms with Crippen molar-refractivity contribution in [2.45, 2.75) is 70.6 Å². The number of rotatable bonds is 6. The number of nitrogens with zero attached hydrogens (tertiary/aromatic N) is 5. The molecule has 0 spiro atoms. The van der Waals surface area contributed by atoms with Crippen LogP contribution in [0.3, 0.4) is 0 Å². The van der Waals surface area contributed by atoms with Crippen LogP contribution in [0.5, 0.6) is 0 Å². The van der Waals surface area contributed by atoms with Crippen LogP contribution in [-0.4, -0.2) is 108 Å². The number of fused-ring (bicyclic) bond motifs is 1. The van der Waals surface area contributed by atoms with Crippen LogP contribution in [0.1, 0.15) is 48.1 Å². The van der Waals surface area contributed by atoms with Gasteiger partial charge in [0.25, 0.3) is 5.91 Å². The van der Waals surface area contributed by atoms with Crippen LogP contribution in [0.15, 0.2) is 36.5 Å². The number of pyridine rings is 1. The number of likely N-dealkylation sites (tertiary alicyclic amines) is 2. The molecule has 3 aliphatic rings. The highest BCUT2D eigenvalue weighted by Crippen LogP contribution is 2.25. The monoisotopic (exact) mass is 576 g/mol. The molecule has 0 radical (unpaired) electrons. The second-order valence-electron chi connectivity index (χ2n) is 12.1. The number of aryl methyl sites for hydroxylation is 2. The lowest BCUT2D eigenvalue weighted by atomic mass is 10.0. The van der Waals surface area contributed by atoms with E-state index in [9.17, 15) is 14.4 Å². The molecule has 0 bridgehead atoms. The minimum atomic E-state index is -0.935. The van der Waals surface area contributed by atoms with E-state index in [0.29, 0.717) is 51.6 Å². The van der Waals surface area contributed by atoms with E-state index in [1.165, 1.54) is 0 Å². The van der Waals surface area contributed by atoms with E-state index in [1.54, 1.807) is 11.1 Å². The Morgan fingerprint density at radius 1 is 1.00 bits per heavy atom. The highest BCUT2D eigenvalue weighted by atomic mass is 16.6. The van der Waals surface area contributed by atoms with Gasteiger partial charge in [-0.25, -0.2) is 9.59 Å². The Labute approximate surface area is 249 Å². The second-order valence-corrected chi connectivity index (χ2v) is 12.1. The van der Waals surface area contributed by atoms with Gasteiger partial charge in [-0.15, -0.1) is 0 Å². The van der Waals surface area contributed by atoms with Crippen molar-refractivity contribution in [3.8, 4) is 0 Å². The predicted molar refractivity (Wildman–Crippen MR) is 161 cm³/mol. The van der Waals surface area contributed by atoms with Gasteiger partial charge < -0.3 is 29.7 Å². The summed E-state index contributed by atoms with van der Waals surface area (Å²) < 4.78 is 5.97. The van der Waals surface area contributed by atoms with Gasteiger partial charge in [-0.1, -0.05) is 18.2 Å². The fraction of sp³-hybridized carbons (Fsp3) is 0.562. The molecule has 10 heteroatoms. The lowest BCUT2D eigenvalue weighted by molar-refractivity contribution is -0.142. The van der Waals surface area contributed by atoms with Crippen molar-refractivity contribution in [1.29, 1.82) is 0 Å². The summed E-state index contributed by atoms with van der Waals surface area (Å²) in [6, 6.07) is 10.3. The summed E-state index contributed by atoms with van der Waals surface area (Å²) in [6.07, 6.45) is 4.53. The average molecular weight is 577 g/mol. The third-order valence-corrected chi connectivity index (χ3v) is 9.15. The number of benzene rings is 1. The summed E-state index contributed by atoms with van der Waals surface area (Å²) >= 11 is 0. The molecule has 1 unspecified atom stereocenters. The van der Waals surface area contributed by atoms with E-state index in [1.807, 2.05) is 54.0 Å². The molecule has 42 heavy (non-hydrogen) atoms. The van der Waals surface area contributed by atoms with Gasteiger partial charge >= 0.3 is 12.1 Å². The Morgan fingerprint density at radius 2 is 1.69 bits per heavy atom. The minimum Gasteiger partial charge on any atom is -0.436 e. The third-order valence-electron chi connectivity index (χ3n) is 9.15. The molecule has 2 aromatic rings. The molecule has 1 aromatic heterocycles.